The SMILES string of the molecule is COCc1ccccc1Nc1nc(=O)c(OC)cn1Cc1ccccc1. The predicted octanol–water partition coefficient (Wildman–Crippen LogP) is 3.19. The Labute approximate surface area is 152 Å². The molecule has 26 heavy (non-hydrogen) atoms. The Morgan fingerprint density at radius 1 is 1.04 bits per heavy atom. The van der Waals surface area contributed by atoms with Crippen molar-refractivity contribution < 1.29 is 9.47 Å². The number of methoxy groups -OCH3 is 2. The fourth-order valence-electron chi connectivity index (χ4n) is 2.66. The Morgan fingerprint density at radius 2 is 1.77 bits per heavy atom. The zero-order chi connectivity index (χ0) is 18.4. The van der Waals surface area contributed by atoms with Crippen LogP contribution < -0.4 is 15.6 Å². The van der Waals surface area contributed by atoms with E-state index < -0.39 is 5.56 Å². The van der Waals surface area contributed by atoms with Gasteiger partial charge in [-0.3, -0.25) is 4.79 Å². The summed E-state index contributed by atoms with van der Waals surface area (Å²) < 4.78 is 12.3. The lowest BCUT2D eigenvalue weighted by atomic mass is 10.2. The highest BCUT2D eigenvalue weighted by Crippen LogP contribution is 2.21. The Morgan fingerprint density at radius 3 is 2.50 bits per heavy atom. The Kier molecular flexibility index (Phi) is 5.66. The van der Waals surface area contributed by atoms with Crippen LogP contribution in [0.5, 0.6) is 5.75 Å². The first-order valence-corrected chi connectivity index (χ1v) is 8.24. The number of ether oxygens (including phenoxy) is 2. The molecule has 0 spiro atoms. The first-order chi connectivity index (χ1) is 12.7. The number of para-hydroxylation sites is 1. The second kappa shape index (κ2) is 8.31. The van der Waals surface area contributed by atoms with Crippen molar-refractivity contribution in [3.8, 4) is 5.75 Å². The second-order valence-electron chi connectivity index (χ2n) is 5.77. The lowest BCUT2D eigenvalue weighted by molar-refractivity contribution is 0.185. The molecule has 0 aliphatic heterocycles. The van der Waals surface area contributed by atoms with E-state index in [1.54, 1.807) is 13.3 Å². The maximum Gasteiger partial charge on any atom is 0.316 e. The third-order valence-corrected chi connectivity index (χ3v) is 3.94. The number of rotatable bonds is 7. The zero-order valence-corrected chi connectivity index (χ0v) is 14.8. The van der Waals surface area contributed by atoms with E-state index in [-0.39, 0.29) is 5.75 Å². The van der Waals surface area contributed by atoms with Gasteiger partial charge in [0.05, 0.1) is 26.5 Å². The van der Waals surface area contributed by atoms with Crippen LogP contribution in [0.15, 0.2) is 65.6 Å². The van der Waals surface area contributed by atoms with Crippen LogP contribution in [0.25, 0.3) is 0 Å². The highest BCUT2D eigenvalue weighted by Gasteiger charge is 2.11. The van der Waals surface area contributed by atoms with Gasteiger partial charge in [-0.25, -0.2) is 0 Å². The molecule has 0 fully saturated rings. The number of nitrogens with zero attached hydrogens (tertiary/aromatic N) is 2. The molecular weight excluding hydrogens is 330 g/mol. The van der Waals surface area contributed by atoms with Crippen molar-refractivity contribution in [2.75, 3.05) is 19.5 Å². The van der Waals surface area contributed by atoms with E-state index in [4.69, 9.17) is 9.47 Å². The van der Waals surface area contributed by atoms with E-state index in [9.17, 15) is 4.79 Å². The number of anilines is 2. The van der Waals surface area contributed by atoms with E-state index >= 15 is 0 Å². The van der Waals surface area contributed by atoms with Gasteiger partial charge in [0.15, 0.2) is 0 Å². The van der Waals surface area contributed by atoms with Crippen molar-refractivity contribution in [3.05, 3.63) is 82.3 Å². The van der Waals surface area contributed by atoms with Gasteiger partial charge in [-0.1, -0.05) is 48.5 Å². The van der Waals surface area contributed by atoms with Gasteiger partial charge in [0, 0.05) is 18.4 Å². The van der Waals surface area contributed by atoms with Gasteiger partial charge >= 0.3 is 5.56 Å². The molecule has 1 aromatic heterocycles. The quantitative estimate of drug-likeness (QED) is 0.708. The molecule has 0 saturated heterocycles. The topological polar surface area (TPSA) is 65.4 Å². The molecule has 2 aromatic carbocycles. The molecule has 3 rings (SSSR count). The minimum Gasteiger partial charge on any atom is -0.490 e. The van der Waals surface area contributed by atoms with E-state index in [1.807, 2.05) is 59.2 Å². The number of nitrogens with one attached hydrogen (secondary N) is 1. The van der Waals surface area contributed by atoms with Gasteiger partial charge in [-0.15, -0.1) is 0 Å². The summed E-state index contributed by atoms with van der Waals surface area (Å²) in [7, 11) is 3.11. The normalized spacial score (nSPS) is 10.5. The Hall–Kier alpha value is -3.12. The molecule has 0 aliphatic carbocycles. The average Bonchev–Trinajstić information content (AvgIpc) is 2.66. The summed E-state index contributed by atoms with van der Waals surface area (Å²) in [5.41, 5.74) is 2.50. The van der Waals surface area contributed by atoms with Crippen molar-refractivity contribution in [3.63, 3.8) is 0 Å². The molecule has 0 radical (unpaired) electrons. The largest absolute Gasteiger partial charge is 0.490 e. The summed E-state index contributed by atoms with van der Waals surface area (Å²) in [5.74, 6) is 0.653. The van der Waals surface area contributed by atoms with Crippen LogP contribution in [-0.4, -0.2) is 23.8 Å². The Bertz CT molecular complexity index is 923. The molecule has 1 heterocycles. The van der Waals surface area contributed by atoms with Gasteiger partial charge in [0.2, 0.25) is 11.7 Å². The minimum absolute atomic E-state index is 0.205. The van der Waals surface area contributed by atoms with Crippen molar-refractivity contribution in [2.45, 2.75) is 13.2 Å². The molecule has 0 bridgehead atoms. The first-order valence-electron chi connectivity index (χ1n) is 8.24. The molecule has 0 amide bonds. The van der Waals surface area contributed by atoms with Gasteiger partial charge < -0.3 is 19.4 Å². The van der Waals surface area contributed by atoms with E-state index in [0.29, 0.717) is 19.1 Å². The number of hydrogen-bond acceptors (Lipinski definition) is 5. The number of hydrogen-bond donors (Lipinski definition) is 1. The van der Waals surface area contributed by atoms with E-state index in [0.717, 1.165) is 16.8 Å². The molecule has 3 aromatic rings. The smallest absolute Gasteiger partial charge is 0.316 e. The van der Waals surface area contributed by atoms with Gasteiger partial charge in [0.25, 0.3) is 0 Å². The third kappa shape index (κ3) is 4.10. The molecule has 0 atom stereocenters. The number of benzene rings is 2. The van der Waals surface area contributed by atoms with Crippen LogP contribution in [0.1, 0.15) is 11.1 Å². The average molecular weight is 351 g/mol. The van der Waals surface area contributed by atoms with Crippen LogP contribution in [0, 0.1) is 0 Å². The van der Waals surface area contributed by atoms with Crippen molar-refractivity contribution in [2.24, 2.45) is 0 Å². The number of aromatic nitrogens is 2. The van der Waals surface area contributed by atoms with Crippen LogP contribution in [0.4, 0.5) is 11.6 Å². The van der Waals surface area contributed by atoms with Gasteiger partial charge in [-0.05, 0) is 11.6 Å². The molecule has 6 heteroatoms. The summed E-state index contributed by atoms with van der Waals surface area (Å²) in [5, 5.41) is 3.25. The lowest BCUT2D eigenvalue weighted by Crippen LogP contribution is -2.19. The summed E-state index contributed by atoms with van der Waals surface area (Å²) in [6.07, 6.45) is 1.67. The summed E-state index contributed by atoms with van der Waals surface area (Å²) in [6, 6.07) is 17.7. The van der Waals surface area contributed by atoms with Crippen LogP contribution in [0.3, 0.4) is 0 Å². The standard InChI is InChI=1S/C20H21N3O3/c1-25-14-16-10-6-7-11-17(16)21-20-22-19(24)18(26-2)13-23(20)12-15-8-4-3-5-9-15/h3-11,13H,12,14H2,1-2H3,(H,21,22,24). The lowest BCUT2D eigenvalue weighted by Gasteiger charge is -2.17. The van der Waals surface area contributed by atoms with Crippen LogP contribution in [0.2, 0.25) is 0 Å². The summed E-state index contributed by atoms with van der Waals surface area (Å²) in [6.45, 7) is 1.02. The molecule has 0 unspecified atom stereocenters. The van der Waals surface area contributed by atoms with Gasteiger partial charge in [0.1, 0.15) is 0 Å². The predicted molar refractivity (Wildman–Crippen MR) is 101 cm³/mol. The van der Waals surface area contributed by atoms with Crippen LogP contribution >= 0.6 is 0 Å². The fraction of sp³-hybridized carbons (Fsp3) is 0.200. The van der Waals surface area contributed by atoms with E-state index in [2.05, 4.69) is 10.3 Å². The van der Waals surface area contributed by atoms with Crippen molar-refractivity contribution >= 4 is 11.6 Å². The maximum atomic E-state index is 12.2. The highest BCUT2D eigenvalue weighted by molar-refractivity contribution is 5.58. The van der Waals surface area contributed by atoms with Gasteiger partial charge in [-0.2, -0.15) is 4.98 Å². The molecule has 0 saturated carbocycles. The Balaban J connectivity index is 2.00. The van der Waals surface area contributed by atoms with E-state index in [1.165, 1.54) is 7.11 Å². The highest BCUT2D eigenvalue weighted by atomic mass is 16.5. The summed E-state index contributed by atoms with van der Waals surface area (Å²) in [4.78, 5) is 16.3. The molecule has 1 N–H and O–H groups in total. The fourth-order valence-corrected chi connectivity index (χ4v) is 2.66. The van der Waals surface area contributed by atoms with Crippen molar-refractivity contribution in [1.29, 1.82) is 0 Å². The van der Waals surface area contributed by atoms with Crippen LogP contribution in [-0.2, 0) is 17.9 Å². The zero-order valence-electron chi connectivity index (χ0n) is 14.8. The minimum atomic E-state index is -0.413. The molecule has 134 valence electrons. The second-order valence-corrected chi connectivity index (χ2v) is 5.77. The maximum absolute atomic E-state index is 12.2. The molecular formula is C20H21N3O3. The summed E-state index contributed by atoms with van der Waals surface area (Å²) >= 11 is 0. The van der Waals surface area contributed by atoms with Crippen molar-refractivity contribution in [1.82, 2.24) is 9.55 Å². The first kappa shape index (κ1) is 17.7. The molecule has 0 aliphatic rings. The monoisotopic (exact) mass is 351 g/mol. The third-order valence-electron chi connectivity index (χ3n) is 3.94. The molecule has 6 nitrogen and oxygen atoms in total.